The Morgan fingerprint density at radius 1 is 1.19 bits per heavy atom. The number of hydrogen-bond acceptors (Lipinski definition) is 3. The van der Waals surface area contributed by atoms with Crippen molar-refractivity contribution in [3.8, 4) is 11.5 Å². The van der Waals surface area contributed by atoms with Gasteiger partial charge >= 0.3 is 0 Å². The van der Waals surface area contributed by atoms with Gasteiger partial charge in [0.2, 0.25) is 0 Å². The van der Waals surface area contributed by atoms with Gasteiger partial charge in [0.1, 0.15) is 18.0 Å². The predicted molar refractivity (Wildman–Crippen MR) is 103 cm³/mol. The highest BCUT2D eigenvalue weighted by atomic mass is 16.5. The largest absolute Gasteiger partial charge is 0.493 e. The molecule has 0 aromatic heterocycles. The quantitative estimate of drug-likeness (QED) is 0.865. The summed E-state index contributed by atoms with van der Waals surface area (Å²) in [6, 6.07) is 14.4. The monoisotopic (exact) mass is 367 g/mol. The van der Waals surface area contributed by atoms with Crippen LogP contribution in [0.25, 0.3) is 0 Å². The fourth-order valence-electron chi connectivity index (χ4n) is 3.84. The first-order valence-electron chi connectivity index (χ1n) is 9.73. The molecule has 1 amide bonds. The van der Waals surface area contributed by atoms with Crippen LogP contribution in [-0.2, 0) is 17.8 Å². The molecule has 1 saturated heterocycles. The summed E-state index contributed by atoms with van der Waals surface area (Å²) in [5, 5.41) is 0. The van der Waals surface area contributed by atoms with Crippen molar-refractivity contribution in [2.45, 2.75) is 19.9 Å². The SMILES string of the molecule is Cc1ccccc1OCC(=O)N1CC[NH+](Cc2ccc3c(c2)CCO3)CC1. The molecule has 0 atom stereocenters. The molecule has 5 heteroatoms. The number of hydrogen-bond donors (Lipinski definition) is 1. The summed E-state index contributed by atoms with van der Waals surface area (Å²) in [5.41, 5.74) is 3.74. The molecule has 0 bridgehead atoms. The van der Waals surface area contributed by atoms with Gasteiger partial charge in [0.05, 0.1) is 32.8 Å². The van der Waals surface area contributed by atoms with Crippen molar-refractivity contribution in [1.82, 2.24) is 4.90 Å². The number of ether oxygens (including phenoxy) is 2. The fraction of sp³-hybridized carbons (Fsp3) is 0.409. The summed E-state index contributed by atoms with van der Waals surface area (Å²) < 4.78 is 11.3. The molecule has 2 heterocycles. The average molecular weight is 367 g/mol. The first kappa shape index (κ1) is 17.9. The smallest absolute Gasteiger partial charge is 0.260 e. The third-order valence-electron chi connectivity index (χ3n) is 5.48. The van der Waals surface area contributed by atoms with Crippen LogP contribution in [0.4, 0.5) is 0 Å². The highest BCUT2D eigenvalue weighted by Gasteiger charge is 2.24. The van der Waals surface area contributed by atoms with Gasteiger partial charge in [-0.25, -0.2) is 0 Å². The van der Waals surface area contributed by atoms with Gasteiger partial charge < -0.3 is 19.3 Å². The van der Waals surface area contributed by atoms with E-state index in [1.54, 1.807) is 0 Å². The van der Waals surface area contributed by atoms with Crippen LogP contribution in [0.3, 0.4) is 0 Å². The number of nitrogens with one attached hydrogen (secondary N) is 1. The highest BCUT2D eigenvalue weighted by molar-refractivity contribution is 5.77. The van der Waals surface area contributed by atoms with Crippen LogP contribution in [0, 0.1) is 6.92 Å². The number of nitrogens with zero attached hydrogens (tertiary/aromatic N) is 1. The van der Waals surface area contributed by atoms with Crippen molar-refractivity contribution in [1.29, 1.82) is 0 Å². The normalized spacial score (nSPS) is 16.7. The number of para-hydroxylation sites is 1. The van der Waals surface area contributed by atoms with Crippen molar-refractivity contribution in [2.75, 3.05) is 39.4 Å². The zero-order valence-corrected chi connectivity index (χ0v) is 15.9. The first-order valence-corrected chi connectivity index (χ1v) is 9.73. The van der Waals surface area contributed by atoms with E-state index in [0.717, 1.165) is 62.8 Å². The van der Waals surface area contributed by atoms with Gasteiger partial charge in [-0.3, -0.25) is 4.79 Å². The van der Waals surface area contributed by atoms with E-state index in [9.17, 15) is 4.79 Å². The Kier molecular flexibility index (Phi) is 5.30. The second-order valence-electron chi connectivity index (χ2n) is 7.40. The lowest BCUT2D eigenvalue weighted by Crippen LogP contribution is -3.13. The number of amides is 1. The minimum atomic E-state index is 0.0759. The molecule has 2 aliphatic heterocycles. The number of piperazine rings is 1. The Labute approximate surface area is 160 Å². The van der Waals surface area contributed by atoms with E-state index in [1.165, 1.54) is 16.0 Å². The molecule has 0 unspecified atom stereocenters. The summed E-state index contributed by atoms with van der Waals surface area (Å²) in [6.45, 7) is 7.45. The lowest BCUT2D eigenvalue weighted by atomic mass is 10.1. The molecule has 4 rings (SSSR count). The minimum absolute atomic E-state index is 0.0759. The number of aryl methyl sites for hydroxylation is 1. The molecule has 2 aromatic carbocycles. The molecule has 0 aliphatic carbocycles. The van der Waals surface area contributed by atoms with Crippen molar-refractivity contribution >= 4 is 5.91 Å². The van der Waals surface area contributed by atoms with E-state index in [4.69, 9.17) is 9.47 Å². The zero-order valence-electron chi connectivity index (χ0n) is 15.9. The molecule has 5 nitrogen and oxygen atoms in total. The van der Waals surface area contributed by atoms with E-state index in [1.807, 2.05) is 36.1 Å². The van der Waals surface area contributed by atoms with E-state index in [2.05, 4.69) is 18.2 Å². The van der Waals surface area contributed by atoms with Crippen LogP contribution in [0.1, 0.15) is 16.7 Å². The lowest BCUT2D eigenvalue weighted by molar-refractivity contribution is -0.917. The molecule has 27 heavy (non-hydrogen) atoms. The third kappa shape index (κ3) is 4.25. The van der Waals surface area contributed by atoms with Gasteiger partial charge in [-0.05, 0) is 42.3 Å². The van der Waals surface area contributed by atoms with Crippen LogP contribution in [0.15, 0.2) is 42.5 Å². The number of benzene rings is 2. The van der Waals surface area contributed by atoms with E-state index in [0.29, 0.717) is 0 Å². The van der Waals surface area contributed by atoms with Crippen molar-refractivity contribution in [2.24, 2.45) is 0 Å². The number of quaternary nitrogens is 1. The molecule has 0 spiro atoms. The molecule has 1 fully saturated rings. The summed E-state index contributed by atoms with van der Waals surface area (Å²) in [5.74, 6) is 1.90. The summed E-state index contributed by atoms with van der Waals surface area (Å²) in [6.07, 6.45) is 1.02. The number of rotatable bonds is 5. The second-order valence-corrected chi connectivity index (χ2v) is 7.40. The molecule has 0 radical (unpaired) electrons. The second kappa shape index (κ2) is 8.01. The zero-order chi connectivity index (χ0) is 18.6. The molecule has 1 N–H and O–H groups in total. The molecule has 0 saturated carbocycles. The van der Waals surface area contributed by atoms with Gasteiger partial charge in [0.15, 0.2) is 6.61 Å². The molecular formula is C22H27N2O3+. The third-order valence-corrected chi connectivity index (χ3v) is 5.48. The standard InChI is InChI=1S/C22H26N2O3/c1-17-4-2-3-5-20(17)27-16-22(25)24-11-9-23(10-12-24)15-18-6-7-21-19(14-18)8-13-26-21/h2-7,14H,8-13,15-16H2,1H3/p+1. The van der Waals surface area contributed by atoms with Crippen LogP contribution in [-0.4, -0.2) is 50.2 Å². The lowest BCUT2D eigenvalue weighted by Gasteiger charge is -2.32. The van der Waals surface area contributed by atoms with Crippen LogP contribution >= 0.6 is 0 Å². The maximum Gasteiger partial charge on any atom is 0.260 e. The molecule has 142 valence electrons. The van der Waals surface area contributed by atoms with Gasteiger partial charge in [-0.15, -0.1) is 0 Å². The predicted octanol–water partition coefficient (Wildman–Crippen LogP) is 1.24. The van der Waals surface area contributed by atoms with Crippen molar-refractivity contribution in [3.05, 3.63) is 59.2 Å². The van der Waals surface area contributed by atoms with Gasteiger partial charge in [0.25, 0.3) is 5.91 Å². The molecule has 2 aromatic rings. The molecule has 2 aliphatic rings. The fourth-order valence-corrected chi connectivity index (χ4v) is 3.84. The van der Waals surface area contributed by atoms with Gasteiger partial charge in [-0.1, -0.05) is 18.2 Å². The van der Waals surface area contributed by atoms with Crippen molar-refractivity contribution in [3.63, 3.8) is 0 Å². The van der Waals surface area contributed by atoms with Crippen LogP contribution in [0.5, 0.6) is 11.5 Å². The Morgan fingerprint density at radius 3 is 2.81 bits per heavy atom. The summed E-state index contributed by atoms with van der Waals surface area (Å²) >= 11 is 0. The Morgan fingerprint density at radius 2 is 2.00 bits per heavy atom. The van der Waals surface area contributed by atoms with E-state index in [-0.39, 0.29) is 12.5 Å². The Bertz CT molecular complexity index is 813. The first-order chi connectivity index (χ1) is 13.2. The Hall–Kier alpha value is -2.53. The van der Waals surface area contributed by atoms with Gasteiger partial charge in [0, 0.05) is 12.0 Å². The molecular weight excluding hydrogens is 340 g/mol. The number of carbonyl (C=O) groups excluding carboxylic acids is 1. The van der Waals surface area contributed by atoms with Gasteiger partial charge in [-0.2, -0.15) is 0 Å². The van der Waals surface area contributed by atoms with Crippen molar-refractivity contribution < 1.29 is 19.2 Å². The van der Waals surface area contributed by atoms with Crippen LogP contribution in [0.2, 0.25) is 0 Å². The maximum absolute atomic E-state index is 12.5. The number of carbonyl (C=O) groups is 1. The summed E-state index contributed by atoms with van der Waals surface area (Å²) in [4.78, 5) is 15.9. The Balaban J connectivity index is 1.25. The van der Waals surface area contributed by atoms with E-state index < -0.39 is 0 Å². The van der Waals surface area contributed by atoms with E-state index >= 15 is 0 Å². The summed E-state index contributed by atoms with van der Waals surface area (Å²) in [7, 11) is 0. The minimum Gasteiger partial charge on any atom is -0.493 e. The highest BCUT2D eigenvalue weighted by Crippen LogP contribution is 2.25. The average Bonchev–Trinajstić information content (AvgIpc) is 3.15. The topological polar surface area (TPSA) is 43.2 Å². The van der Waals surface area contributed by atoms with Crippen LogP contribution < -0.4 is 14.4 Å². The number of fused-ring (bicyclic) bond motifs is 1. The maximum atomic E-state index is 12.5.